The van der Waals surface area contributed by atoms with Crippen LogP contribution < -0.4 is 11.1 Å². The second-order valence-corrected chi connectivity index (χ2v) is 6.70. The van der Waals surface area contributed by atoms with Crippen LogP contribution in [-0.4, -0.2) is 42.9 Å². The summed E-state index contributed by atoms with van der Waals surface area (Å²) in [7, 11) is 0. The van der Waals surface area contributed by atoms with Crippen molar-refractivity contribution in [2.45, 2.75) is 25.7 Å². The van der Waals surface area contributed by atoms with Crippen molar-refractivity contribution < 1.29 is 9.59 Å². The van der Waals surface area contributed by atoms with Gasteiger partial charge in [-0.1, -0.05) is 34.1 Å². The highest BCUT2D eigenvalue weighted by Crippen LogP contribution is 2.20. The molecule has 1 aliphatic heterocycles. The number of carbonyl (C=O) groups excluding carboxylic acids is 2. The van der Waals surface area contributed by atoms with E-state index in [1.807, 2.05) is 29.2 Å². The summed E-state index contributed by atoms with van der Waals surface area (Å²) in [5, 5.41) is 2.82. The molecule has 3 N–H and O–H groups in total. The summed E-state index contributed by atoms with van der Waals surface area (Å²) in [6.45, 7) is 2.19. The van der Waals surface area contributed by atoms with Crippen LogP contribution in [0.5, 0.6) is 0 Å². The number of hydrogen-bond donors (Lipinski definition) is 2. The van der Waals surface area contributed by atoms with Gasteiger partial charge in [-0.15, -0.1) is 0 Å². The number of nitrogens with two attached hydrogens (primary N) is 1. The lowest BCUT2D eigenvalue weighted by Crippen LogP contribution is -2.46. The van der Waals surface area contributed by atoms with Crippen LogP contribution in [0, 0.1) is 5.92 Å². The van der Waals surface area contributed by atoms with E-state index >= 15 is 0 Å². The molecule has 0 aliphatic carbocycles. The highest BCUT2D eigenvalue weighted by molar-refractivity contribution is 9.10. The van der Waals surface area contributed by atoms with E-state index in [4.69, 9.17) is 5.73 Å². The number of piperidine rings is 1. The lowest BCUT2D eigenvalue weighted by Gasteiger charge is -2.32. The van der Waals surface area contributed by atoms with Gasteiger partial charge in [-0.2, -0.15) is 0 Å². The lowest BCUT2D eigenvalue weighted by atomic mass is 9.96. The minimum Gasteiger partial charge on any atom is -0.355 e. The van der Waals surface area contributed by atoms with Crippen molar-refractivity contribution in [2.24, 2.45) is 11.7 Å². The minimum absolute atomic E-state index is 0.0127. The third-order valence-corrected chi connectivity index (χ3v) is 4.93. The van der Waals surface area contributed by atoms with Gasteiger partial charge in [-0.3, -0.25) is 9.59 Å². The molecule has 0 radical (unpaired) electrons. The number of rotatable bonds is 6. The normalized spacial score (nSPS) is 17.8. The van der Waals surface area contributed by atoms with Crippen molar-refractivity contribution in [3.63, 3.8) is 0 Å². The first kappa shape index (κ1) is 17.9. The molecule has 23 heavy (non-hydrogen) atoms. The number of nitrogens with one attached hydrogen (secondary N) is 1. The Morgan fingerprint density at radius 1 is 1.35 bits per heavy atom. The minimum atomic E-state index is -0.109. The molecule has 1 unspecified atom stereocenters. The topological polar surface area (TPSA) is 75.4 Å². The second-order valence-electron chi connectivity index (χ2n) is 5.85. The summed E-state index contributed by atoms with van der Waals surface area (Å²) >= 11 is 3.51. The number of amides is 2. The van der Waals surface area contributed by atoms with Gasteiger partial charge >= 0.3 is 0 Å². The Morgan fingerprint density at radius 3 is 2.87 bits per heavy atom. The van der Waals surface area contributed by atoms with E-state index in [-0.39, 0.29) is 17.7 Å². The molecule has 1 aliphatic rings. The van der Waals surface area contributed by atoms with Gasteiger partial charge in [-0.25, -0.2) is 0 Å². The Balaban J connectivity index is 1.84. The molecule has 1 aromatic rings. The second kappa shape index (κ2) is 9.03. The standard InChI is InChI=1S/C17H24BrN3O2/c18-15-6-2-1-4-13(15)7-8-16(22)21-11-3-5-14(12-21)17(23)20-10-9-19/h1-2,4,6,14H,3,5,7-12,19H2,(H,20,23). The molecule has 2 amide bonds. The Hall–Kier alpha value is -1.40. The van der Waals surface area contributed by atoms with Crippen molar-refractivity contribution in [3.05, 3.63) is 34.3 Å². The highest BCUT2D eigenvalue weighted by Gasteiger charge is 2.27. The van der Waals surface area contributed by atoms with Gasteiger partial charge in [0.15, 0.2) is 0 Å². The number of benzene rings is 1. The third-order valence-electron chi connectivity index (χ3n) is 4.15. The van der Waals surface area contributed by atoms with Crippen LogP contribution in [0.4, 0.5) is 0 Å². The van der Waals surface area contributed by atoms with Crippen LogP contribution in [-0.2, 0) is 16.0 Å². The fourth-order valence-corrected chi connectivity index (χ4v) is 3.34. The monoisotopic (exact) mass is 381 g/mol. The number of aryl methyl sites for hydroxylation is 1. The molecule has 0 aromatic heterocycles. The number of nitrogens with zero attached hydrogens (tertiary/aromatic N) is 1. The Morgan fingerprint density at radius 2 is 2.13 bits per heavy atom. The number of carbonyl (C=O) groups is 2. The molecule has 126 valence electrons. The van der Waals surface area contributed by atoms with E-state index in [1.54, 1.807) is 0 Å². The summed E-state index contributed by atoms with van der Waals surface area (Å²) < 4.78 is 1.03. The predicted octanol–water partition coefficient (Wildman–Crippen LogP) is 1.70. The number of likely N-dealkylation sites (tertiary alicyclic amines) is 1. The Kier molecular flexibility index (Phi) is 7.05. The molecule has 1 heterocycles. The van der Waals surface area contributed by atoms with E-state index in [1.165, 1.54) is 0 Å². The van der Waals surface area contributed by atoms with Gasteiger partial charge in [0.05, 0.1) is 5.92 Å². The first-order valence-corrected chi connectivity index (χ1v) is 8.90. The molecule has 1 aromatic carbocycles. The lowest BCUT2D eigenvalue weighted by molar-refractivity contribution is -0.135. The predicted molar refractivity (Wildman–Crippen MR) is 93.8 cm³/mol. The van der Waals surface area contributed by atoms with Gasteiger partial charge in [0.1, 0.15) is 0 Å². The SMILES string of the molecule is NCCNC(=O)C1CCCN(C(=O)CCc2ccccc2Br)C1. The number of hydrogen-bond acceptors (Lipinski definition) is 3. The molecule has 5 nitrogen and oxygen atoms in total. The fraction of sp³-hybridized carbons (Fsp3) is 0.529. The summed E-state index contributed by atoms with van der Waals surface area (Å²) in [6, 6.07) is 7.95. The summed E-state index contributed by atoms with van der Waals surface area (Å²) in [4.78, 5) is 26.3. The molecular formula is C17H24BrN3O2. The molecular weight excluding hydrogens is 358 g/mol. The van der Waals surface area contributed by atoms with Crippen LogP contribution in [0.2, 0.25) is 0 Å². The Labute approximate surface area is 145 Å². The van der Waals surface area contributed by atoms with Crippen LogP contribution in [0.15, 0.2) is 28.7 Å². The molecule has 0 bridgehead atoms. The molecule has 1 fully saturated rings. The summed E-state index contributed by atoms with van der Waals surface area (Å²) in [6.07, 6.45) is 2.90. The first-order valence-electron chi connectivity index (χ1n) is 8.10. The highest BCUT2D eigenvalue weighted by atomic mass is 79.9. The van der Waals surface area contributed by atoms with Crippen molar-refractivity contribution in [1.29, 1.82) is 0 Å². The zero-order valence-corrected chi connectivity index (χ0v) is 14.8. The van der Waals surface area contributed by atoms with E-state index in [2.05, 4.69) is 21.2 Å². The van der Waals surface area contributed by atoms with E-state index in [9.17, 15) is 9.59 Å². The molecule has 6 heteroatoms. The van der Waals surface area contributed by atoms with Gasteiger partial charge in [0.2, 0.25) is 11.8 Å². The zero-order valence-electron chi connectivity index (χ0n) is 13.3. The Bertz CT molecular complexity index is 550. The van der Waals surface area contributed by atoms with Gasteiger partial charge < -0.3 is 16.0 Å². The van der Waals surface area contributed by atoms with Crippen LogP contribution in [0.25, 0.3) is 0 Å². The average molecular weight is 382 g/mol. The zero-order chi connectivity index (χ0) is 16.7. The fourth-order valence-electron chi connectivity index (χ4n) is 2.86. The maximum atomic E-state index is 12.4. The van der Waals surface area contributed by atoms with Gasteiger partial charge in [-0.05, 0) is 30.9 Å². The first-order chi connectivity index (χ1) is 11.1. The van der Waals surface area contributed by atoms with Crippen molar-refractivity contribution >= 4 is 27.7 Å². The van der Waals surface area contributed by atoms with E-state index < -0.39 is 0 Å². The maximum absolute atomic E-state index is 12.4. The largest absolute Gasteiger partial charge is 0.355 e. The third kappa shape index (κ3) is 5.32. The molecule has 1 saturated heterocycles. The molecule has 0 saturated carbocycles. The van der Waals surface area contributed by atoms with Crippen LogP contribution in [0.3, 0.4) is 0 Å². The molecule has 0 spiro atoms. The van der Waals surface area contributed by atoms with Gasteiger partial charge in [0, 0.05) is 37.1 Å². The summed E-state index contributed by atoms with van der Waals surface area (Å²) in [5.74, 6) is 0.0264. The van der Waals surface area contributed by atoms with Crippen molar-refractivity contribution in [2.75, 3.05) is 26.2 Å². The van der Waals surface area contributed by atoms with Gasteiger partial charge in [0.25, 0.3) is 0 Å². The van der Waals surface area contributed by atoms with E-state index in [0.29, 0.717) is 32.5 Å². The molecule has 2 rings (SSSR count). The van der Waals surface area contributed by atoms with Crippen LogP contribution in [0.1, 0.15) is 24.8 Å². The smallest absolute Gasteiger partial charge is 0.224 e. The van der Waals surface area contributed by atoms with Crippen molar-refractivity contribution in [3.8, 4) is 0 Å². The average Bonchev–Trinajstić information content (AvgIpc) is 2.58. The quantitative estimate of drug-likeness (QED) is 0.787. The number of halogens is 1. The molecule has 1 atom stereocenters. The van der Waals surface area contributed by atoms with Crippen molar-refractivity contribution in [1.82, 2.24) is 10.2 Å². The van der Waals surface area contributed by atoms with E-state index in [0.717, 1.165) is 29.4 Å². The summed E-state index contributed by atoms with van der Waals surface area (Å²) in [5.41, 5.74) is 6.54. The van der Waals surface area contributed by atoms with Crippen LogP contribution >= 0.6 is 15.9 Å². The maximum Gasteiger partial charge on any atom is 0.224 e.